The highest BCUT2D eigenvalue weighted by atomic mass is 31.1. The van der Waals surface area contributed by atoms with Crippen LogP contribution in [0.1, 0.15) is 13.8 Å². The average molecular weight is 341 g/mol. The number of hydrogen-bond donors (Lipinski definition) is 2. The third-order valence-electron chi connectivity index (χ3n) is 2.44. The lowest BCUT2D eigenvalue weighted by molar-refractivity contribution is -0.151. The molecule has 9 nitrogen and oxygen atoms in total. The second-order valence-electron chi connectivity index (χ2n) is 4.08. The molecule has 0 fully saturated rings. The summed E-state index contributed by atoms with van der Waals surface area (Å²) >= 11 is 0. The van der Waals surface area contributed by atoms with Crippen LogP contribution < -0.4 is 0 Å². The van der Waals surface area contributed by atoms with Gasteiger partial charge in [-0.1, -0.05) is 0 Å². The Morgan fingerprint density at radius 2 is 1.27 bits per heavy atom. The van der Waals surface area contributed by atoms with Gasteiger partial charge in [0.05, 0.1) is 26.4 Å². The molecule has 0 aliphatic carbocycles. The van der Waals surface area contributed by atoms with Gasteiger partial charge in [-0.3, -0.25) is 9.59 Å². The molecule has 0 aliphatic rings. The van der Waals surface area contributed by atoms with Gasteiger partial charge in [0.25, 0.3) is 0 Å². The van der Waals surface area contributed by atoms with Crippen LogP contribution in [0.3, 0.4) is 0 Å². The number of rotatable bonds is 12. The van der Waals surface area contributed by atoms with Crippen molar-refractivity contribution in [2.24, 2.45) is 11.8 Å². The molecule has 0 aliphatic heterocycles. The third-order valence-corrected chi connectivity index (χ3v) is 3.16. The van der Waals surface area contributed by atoms with Crippen molar-refractivity contribution in [3.05, 3.63) is 0 Å². The first-order chi connectivity index (χ1) is 10.5. The molecule has 0 rings (SSSR count). The quantitative estimate of drug-likeness (QED) is 0.373. The molecule has 0 amide bonds. The lowest BCUT2D eigenvalue weighted by Gasteiger charge is -2.10. The molecular formula is C12H22O9P+. The minimum Gasteiger partial charge on any atom is -0.466 e. The molecular weight excluding hydrogens is 319 g/mol. The van der Waals surface area contributed by atoms with E-state index in [0.717, 1.165) is 0 Å². The predicted molar refractivity (Wildman–Crippen MR) is 73.9 cm³/mol. The Balaban J connectivity index is 4.16. The molecule has 2 N–H and O–H groups in total. The second kappa shape index (κ2) is 12.4. The summed E-state index contributed by atoms with van der Waals surface area (Å²) in [6.45, 7) is 1.77. The fourth-order valence-electron chi connectivity index (χ4n) is 1.25. The zero-order valence-corrected chi connectivity index (χ0v) is 13.5. The van der Waals surface area contributed by atoms with E-state index in [1.165, 1.54) is 0 Å². The van der Waals surface area contributed by atoms with E-state index in [2.05, 4.69) is 0 Å². The number of aliphatic hydroxyl groups excluding tert-OH is 2. The molecule has 0 aromatic carbocycles. The molecule has 0 aromatic rings. The molecule has 0 saturated carbocycles. The van der Waals surface area contributed by atoms with Crippen LogP contribution in [0.25, 0.3) is 0 Å². The maximum absolute atomic E-state index is 11.5. The third kappa shape index (κ3) is 8.35. The van der Waals surface area contributed by atoms with Gasteiger partial charge in [0, 0.05) is 4.57 Å². The summed E-state index contributed by atoms with van der Waals surface area (Å²) in [4.78, 5) is 22.7. The van der Waals surface area contributed by atoms with Crippen LogP contribution >= 0.6 is 8.25 Å². The molecule has 22 heavy (non-hydrogen) atoms. The fraction of sp³-hybridized carbons (Fsp3) is 0.833. The van der Waals surface area contributed by atoms with Crippen molar-refractivity contribution in [3.8, 4) is 0 Å². The number of carbonyl (C=O) groups excluding carboxylic acids is 2. The van der Waals surface area contributed by atoms with Crippen LogP contribution in [0.2, 0.25) is 0 Å². The first kappa shape index (κ1) is 20.9. The summed E-state index contributed by atoms with van der Waals surface area (Å²) < 4.78 is 30.4. The Kier molecular flexibility index (Phi) is 11.8. The van der Waals surface area contributed by atoms with Gasteiger partial charge in [0.2, 0.25) is 0 Å². The Bertz CT molecular complexity index is 329. The second-order valence-corrected chi connectivity index (χ2v) is 5.04. The molecule has 0 saturated heterocycles. The molecule has 128 valence electrons. The minimum atomic E-state index is -2.61. The number of hydrogen-bond acceptors (Lipinski definition) is 9. The van der Waals surface area contributed by atoms with E-state index in [0.29, 0.717) is 0 Å². The summed E-state index contributed by atoms with van der Waals surface area (Å²) in [5.41, 5.74) is 0. The maximum Gasteiger partial charge on any atom is 0.697 e. The number of aliphatic hydroxyl groups is 2. The topological polar surface area (TPSA) is 129 Å². The highest BCUT2D eigenvalue weighted by molar-refractivity contribution is 7.33. The molecule has 2 atom stereocenters. The summed E-state index contributed by atoms with van der Waals surface area (Å²) in [6, 6.07) is 0. The first-order valence-electron chi connectivity index (χ1n) is 6.78. The van der Waals surface area contributed by atoms with Gasteiger partial charge in [0.15, 0.2) is 0 Å². The Morgan fingerprint density at radius 1 is 0.909 bits per heavy atom. The number of ether oxygens (including phenoxy) is 2. The predicted octanol–water partition coefficient (Wildman–Crippen LogP) is 0.0202. The standard InChI is InChI=1S/C12H22O9P/c1-3-18-11(15)9(5-13)7-20-22(17)21-8-10(6-14)12(16)19-4-2/h9-10,13-14H,3-8H2,1-2H3/q+1. The first-order valence-corrected chi connectivity index (χ1v) is 7.87. The van der Waals surface area contributed by atoms with Crippen molar-refractivity contribution >= 4 is 20.2 Å². The minimum absolute atomic E-state index is 0.149. The van der Waals surface area contributed by atoms with Crippen LogP contribution in [0, 0.1) is 11.8 Å². The zero-order chi connectivity index (χ0) is 17.0. The Morgan fingerprint density at radius 3 is 1.55 bits per heavy atom. The van der Waals surface area contributed by atoms with Crippen molar-refractivity contribution in [2.75, 3.05) is 39.6 Å². The van der Waals surface area contributed by atoms with E-state index in [4.69, 9.17) is 28.7 Å². The van der Waals surface area contributed by atoms with Gasteiger partial charge in [-0.25, -0.2) is 0 Å². The van der Waals surface area contributed by atoms with Crippen molar-refractivity contribution in [3.63, 3.8) is 0 Å². The van der Waals surface area contributed by atoms with E-state index in [9.17, 15) is 14.2 Å². The van der Waals surface area contributed by atoms with Gasteiger partial charge in [-0.05, 0) is 13.8 Å². The van der Waals surface area contributed by atoms with Gasteiger partial charge in [0.1, 0.15) is 25.0 Å². The molecule has 0 aromatic heterocycles. The average Bonchev–Trinajstić information content (AvgIpc) is 2.49. The van der Waals surface area contributed by atoms with Crippen LogP contribution in [-0.4, -0.2) is 61.8 Å². The van der Waals surface area contributed by atoms with E-state index < -0.39 is 45.2 Å². The highest BCUT2D eigenvalue weighted by Crippen LogP contribution is 2.26. The summed E-state index contributed by atoms with van der Waals surface area (Å²) in [7, 11) is -2.61. The monoisotopic (exact) mass is 341 g/mol. The number of carbonyl (C=O) groups is 2. The van der Waals surface area contributed by atoms with Crippen LogP contribution in [0.4, 0.5) is 0 Å². The normalized spacial score (nSPS) is 14.1. The van der Waals surface area contributed by atoms with Crippen molar-refractivity contribution in [1.82, 2.24) is 0 Å². The van der Waals surface area contributed by atoms with Crippen molar-refractivity contribution in [2.45, 2.75) is 13.8 Å². The summed E-state index contributed by atoms with van der Waals surface area (Å²) in [6.07, 6.45) is 0. The molecule has 0 spiro atoms. The summed E-state index contributed by atoms with van der Waals surface area (Å²) in [5.74, 6) is -3.29. The Labute approximate surface area is 129 Å². The van der Waals surface area contributed by atoms with E-state index >= 15 is 0 Å². The SMILES string of the molecule is CCOC(=O)C(CO)CO[P+](=O)OCC(CO)C(=O)OCC. The molecule has 0 radical (unpaired) electrons. The van der Waals surface area contributed by atoms with Gasteiger partial charge < -0.3 is 19.7 Å². The van der Waals surface area contributed by atoms with Crippen LogP contribution in [0.5, 0.6) is 0 Å². The van der Waals surface area contributed by atoms with Crippen LogP contribution in [-0.2, 0) is 32.7 Å². The van der Waals surface area contributed by atoms with Gasteiger partial charge in [-0.15, -0.1) is 9.05 Å². The van der Waals surface area contributed by atoms with Gasteiger partial charge >= 0.3 is 20.2 Å². The molecule has 0 heterocycles. The molecule has 2 unspecified atom stereocenters. The largest absolute Gasteiger partial charge is 0.697 e. The summed E-state index contributed by atoms with van der Waals surface area (Å²) in [5, 5.41) is 18.0. The molecule has 0 bridgehead atoms. The van der Waals surface area contributed by atoms with Crippen molar-refractivity contribution < 1.29 is 42.9 Å². The van der Waals surface area contributed by atoms with E-state index in [-0.39, 0.29) is 26.4 Å². The zero-order valence-electron chi connectivity index (χ0n) is 12.6. The molecule has 10 heteroatoms. The van der Waals surface area contributed by atoms with E-state index in [1.807, 2.05) is 0 Å². The van der Waals surface area contributed by atoms with E-state index in [1.54, 1.807) is 13.8 Å². The Hall–Kier alpha value is -1.12. The number of esters is 2. The lowest BCUT2D eigenvalue weighted by atomic mass is 10.2. The van der Waals surface area contributed by atoms with Crippen LogP contribution in [0.15, 0.2) is 0 Å². The fourth-order valence-corrected chi connectivity index (χ4v) is 1.93. The lowest BCUT2D eigenvalue weighted by Crippen LogP contribution is -2.26. The van der Waals surface area contributed by atoms with Gasteiger partial charge in [-0.2, -0.15) is 0 Å². The smallest absolute Gasteiger partial charge is 0.466 e. The maximum atomic E-state index is 11.5. The highest BCUT2D eigenvalue weighted by Gasteiger charge is 2.30. The van der Waals surface area contributed by atoms with Crippen molar-refractivity contribution in [1.29, 1.82) is 0 Å².